The number of nitrogens with one attached hydrogen (secondary N) is 2. The summed E-state index contributed by atoms with van der Waals surface area (Å²) in [4.78, 5) is 15.7. The minimum absolute atomic E-state index is 0.0914. The zero-order chi connectivity index (χ0) is 15.6. The molecule has 0 radical (unpaired) electrons. The zero-order valence-electron chi connectivity index (χ0n) is 13.1. The van der Waals surface area contributed by atoms with Gasteiger partial charge in [0.25, 0.3) is 0 Å². The molecule has 0 aliphatic carbocycles. The second-order valence-electron chi connectivity index (χ2n) is 5.47. The van der Waals surface area contributed by atoms with Crippen LogP contribution in [0.5, 0.6) is 0 Å². The van der Waals surface area contributed by atoms with Gasteiger partial charge in [0, 0.05) is 37.8 Å². The topological polar surface area (TPSA) is 72.5 Å². The lowest BCUT2D eigenvalue weighted by Crippen LogP contribution is -2.33. The van der Waals surface area contributed by atoms with E-state index in [1.807, 2.05) is 19.2 Å². The number of nitrogens with zero attached hydrogens (tertiary/aromatic N) is 1. The van der Waals surface area contributed by atoms with Crippen molar-refractivity contribution in [2.75, 3.05) is 38.2 Å². The predicted octanol–water partition coefficient (Wildman–Crippen LogP) is 1.50. The number of hydrogen-bond acceptors (Lipinski definition) is 5. The van der Waals surface area contributed by atoms with Gasteiger partial charge in [-0.15, -0.1) is 0 Å². The SMILES string of the molecule is Cc1cnccc1NCCNC(=O)COC[C@H]1CCCCO1. The number of carbonyl (C=O) groups is 1. The van der Waals surface area contributed by atoms with Gasteiger partial charge in [-0.1, -0.05) is 0 Å². The molecule has 0 aromatic carbocycles. The molecule has 2 heterocycles. The Morgan fingerprint density at radius 2 is 2.36 bits per heavy atom. The maximum absolute atomic E-state index is 11.6. The molecule has 0 saturated carbocycles. The highest BCUT2D eigenvalue weighted by Crippen LogP contribution is 2.12. The van der Waals surface area contributed by atoms with Crippen LogP contribution in [0, 0.1) is 6.92 Å². The highest BCUT2D eigenvalue weighted by molar-refractivity contribution is 5.77. The third-order valence-electron chi connectivity index (χ3n) is 3.59. The van der Waals surface area contributed by atoms with Crippen LogP contribution in [0.2, 0.25) is 0 Å². The second-order valence-corrected chi connectivity index (χ2v) is 5.47. The van der Waals surface area contributed by atoms with Crippen molar-refractivity contribution < 1.29 is 14.3 Å². The van der Waals surface area contributed by atoms with Crippen LogP contribution >= 0.6 is 0 Å². The third kappa shape index (κ3) is 5.99. The van der Waals surface area contributed by atoms with Crippen LogP contribution in [0.4, 0.5) is 5.69 Å². The van der Waals surface area contributed by atoms with Crippen LogP contribution in [-0.4, -0.2) is 49.9 Å². The van der Waals surface area contributed by atoms with Crippen molar-refractivity contribution in [3.8, 4) is 0 Å². The number of aryl methyl sites for hydroxylation is 1. The monoisotopic (exact) mass is 307 g/mol. The first-order valence-electron chi connectivity index (χ1n) is 7.86. The fraction of sp³-hybridized carbons (Fsp3) is 0.625. The summed E-state index contributed by atoms with van der Waals surface area (Å²) in [5.74, 6) is -0.0935. The van der Waals surface area contributed by atoms with Crippen molar-refractivity contribution >= 4 is 11.6 Å². The van der Waals surface area contributed by atoms with E-state index in [1.54, 1.807) is 6.20 Å². The van der Waals surface area contributed by atoms with Crippen molar-refractivity contribution in [3.05, 3.63) is 24.0 Å². The Bertz CT molecular complexity index is 462. The molecule has 2 N–H and O–H groups in total. The van der Waals surface area contributed by atoms with E-state index in [9.17, 15) is 4.79 Å². The number of hydrogen-bond donors (Lipinski definition) is 2. The normalized spacial score (nSPS) is 18.0. The minimum atomic E-state index is -0.0935. The first kappa shape index (κ1) is 16.7. The van der Waals surface area contributed by atoms with E-state index < -0.39 is 0 Å². The summed E-state index contributed by atoms with van der Waals surface area (Å²) in [6.07, 6.45) is 7.03. The number of pyridine rings is 1. The molecular weight excluding hydrogens is 282 g/mol. The molecule has 2 rings (SSSR count). The van der Waals surface area contributed by atoms with Gasteiger partial charge in [0.1, 0.15) is 6.61 Å². The lowest BCUT2D eigenvalue weighted by molar-refractivity contribution is -0.127. The summed E-state index contributed by atoms with van der Waals surface area (Å²) in [7, 11) is 0. The summed E-state index contributed by atoms with van der Waals surface area (Å²) in [5, 5.41) is 6.09. The molecule has 1 aliphatic rings. The second kappa shape index (κ2) is 9.38. The molecule has 22 heavy (non-hydrogen) atoms. The maximum Gasteiger partial charge on any atom is 0.246 e. The lowest BCUT2D eigenvalue weighted by Gasteiger charge is -2.22. The Labute approximate surface area is 131 Å². The highest BCUT2D eigenvalue weighted by atomic mass is 16.5. The average molecular weight is 307 g/mol. The van der Waals surface area contributed by atoms with E-state index in [0.717, 1.165) is 30.7 Å². The number of amides is 1. The van der Waals surface area contributed by atoms with E-state index in [4.69, 9.17) is 9.47 Å². The molecule has 0 spiro atoms. The van der Waals surface area contributed by atoms with E-state index in [-0.39, 0.29) is 18.6 Å². The van der Waals surface area contributed by atoms with Crippen LogP contribution < -0.4 is 10.6 Å². The van der Waals surface area contributed by atoms with Crippen molar-refractivity contribution in [1.82, 2.24) is 10.3 Å². The molecule has 1 saturated heterocycles. The molecule has 1 aromatic rings. The Balaban J connectivity index is 1.51. The largest absolute Gasteiger partial charge is 0.383 e. The molecular formula is C16H25N3O3. The van der Waals surface area contributed by atoms with E-state index in [1.165, 1.54) is 6.42 Å². The maximum atomic E-state index is 11.6. The molecule has 1 amide bonds. The van der Waals surface area contributed by atoms with Gasteiger partial charge in [0.15, 0.2) is 0 Å². The van der Waals surface area contributed by atoms with Gasteiger partial charge in [-0.3, -0.25) is 9.78 Å². The van der Waals surface area contributed by atoms with Crippen molar-refractivity contribution in [3.63, 3.8) is 0 Å². The number of aromatic nitrogens is 1. The summed E-state index contributed by atoms with van der Waals surface area (Å²) in [5.41, 5.74) is 2.12. The standard InChI is InChI=1S/C16H25N3O3/c1-13-10-17-6-5-15(13)18-7-8-19-16(20)12-21-11-14-4-2-3-9-22-14/h5-6,10,14H,2-4,7-9,11-12H2,1H3,(H,17,18)(H,19,20)/t14-/m1/s1. The van der Waals surface area contributed by atoms with Crippen molar-refractivity contribution in [2.45, 2.75) is 32.3 Å². The average Bonchev–Trinajstić information content (AvgIpc) is 2.54. The highest BCUT2D eigenvalue weighted by Gasteiger charge is 2.14. The number of rotatable bonds is 8. The summed E-state index contributed by atoms with van der Waals surface area (Å²) >= 11 is 0. The van der Waals surface area contributed by atoms with Crippen LogP contribution in [0.25, 0.3) is 0 Å². The van der Waals surface area contributed by atoms with Gasteiger partial charge < -0.3 is 20.1 Å². The molecule has 1 aromatic heterocycles. The molecule has 6 nitrogen and oxygen atoms in total. The molecule has 1 atom stereocenters. The number of ether oxygens (including phenoxy) is 2. The molecule has 0 unspecified atom stereocenters. The van der Waals surface area contributed by atoms with Crippen LogP contribution in [0.15, 0.2) is 18.5 Å². The zero-order valence-corrected chi connectivity index (χ0v) is 13.1. The van der Waals surface area contributed by atoms with Gasteiger partial charge in [-0.25, -0.2) is 0 Å². The summed E-state index contributed by atoms with van der Waals surface area (Å²) in [6, 6.07) is 1.92. The quantitative estimate of drug-likeness (QED) is 0.712. The van der Waals surface area contributed by atoms with Gasteiger partial charge in [-0.2, -0.15) is 0 Å². The fourth-order valence-corrected chi connectivity index (χ4v) is 2.34. The summed E-state index contributed by atoms with van der Waals surface area (Å²) in [6.45, 7) is 4.62. The molecule has 1 aliphatic heterocycles. The first-order valence-corrected chi connectivity index (χ1v) is 7.86. The van der Waals surface area contributed by atoms with E-state index in [2.05, 4.69) is 15.6 Å². The molecule has 1 fully saturated rings. The van der Waals surface area contributed by atoms with Crippen LogP contribution in [0.1, 0.15) is 24.8 Å². The third-order valence-corrected chi connectivity index (χ3v) is 3.59. The smallest absolute Gasteiger partial charge is 0.246 e. The minimum Gasteiger partial charge on any atom is -0.383 e. The van der Waals surface area contributed by atoms with E-state index in [0.29, 0.717) is 19.7 Å². The Hall–Kier alpha value is -1.66. The predicted molar refractivity (Wildman–Crippen MR) is 84.9 cm³/mol. The van der Waals surface area contributed by atoms with Crippen LogP contribution in [-0.2, 0) is 14.3 Å². The van der Waals surface area contributed by atoms with Gasteiger partial charge in [-0.05, 0) is 37.8 Å². The number of anilines is 1. The lowest BCUT2D eigenvalue weighted by atomic mass is 10.1. The number of carbonyl (C=O) groups excluding carboxylic acids is 1. The molecule has 6 heteroatoms. The van der Waals surface area contributed by atoms with Gasteiger partial charge in [0.2, 0.25) is 5.91 Å². The Kier molecular flexibility index (Phi) is 7.12. The van der Waals surface area contributed by atoms with Crippen molar-refractivity contribution in [1.29, 1.82) is 0 Å². The van der Waals surface area contributed by atoms with Gasteiger partial charge in [0.05, 0.1) is 12.7 Å². The fourth-order valence-electron chi connectivity index (χ4n) is 2.34. The molecule has 122 valence electrons. The molecule has 0 bridgehead atoms. The van der Waals surface area contributed by atoms with Crippen LogP contribution in [0.3, 0.4) is 0 Å². The van der Waals surface area contributed by atoms with E-state index >= 15 is 0 Å². The summed E-state index contributed by atoms with van der Waals surface area (Å²) < 4.78 is 11.0. The Morgan fingerprint density at radius 1 is 1.45 bits per heavy atom. The first-order chi connectivity index (χ1) is 10.8. The Morgan fingerprint density at radius 3 is 3.14 bits per heavy atom. The van der Waals surface area contributed by atoms with Gasteiger partial charge >= 0.3 is 0 Å². The van der Waals surface area contributed by atoms with Crippen molar-refractivity contribution in [2.24, 2.45) is 0 Å².